The number of hydrogen-bond acceptors (Lipinski definition) is 3. The van der Waals surface area contributed by atoms with Gasteiger partial charge in [-0.2, -0.15) is 0 Å². The third-order valence-electron chi connectivity index (χ3n) is 4.80. The molecule has 2 aromatic carbocycles. The van der Waals surface area contributed by atoms with Crippen molar-refractivity contribution in [1.29, 1.82) is 0 Å². The molecule has 0 unspecified atom stereocenters. The third-order valence-corrected chi connectivity index (χ3v) is 5.42. The van der Waals surface area contributed by atoms with Gasteiger partial charge in [-0.1, -0.05) is 32.0 Å². The number of nitrogens with zero attached hydrogens (tertiary/aromatic N) is 2. The molecule has 0 spiro atoms. The second kappa shape index (κ2) is 8.74. The Bertz CT molecular complexity index is 805. The van der Waals surface area contributed by atoms with Crippen LogP contribution < -0.4 is 9.64 Å². The number of para-hydroxylation sites is 1. The molecule has 144 valence electrons. The summed E-state index contributed by atoms with van der Waals surface area (Å²) >= 11 is 3.51. The highest BCUT2D eigenvalue weighted by molar-refractivity contribution is 9.10. The molecule has 0 N–H and O–H groups in total. The van der Waals surface area contributed by atoms with Gasteiger partial charge in [0.15, 0.2) is 6.61 Å². The van der Waals surface area contributed by atoms with Crippen molar-refractivity contribution in [2.45, 2.75) is 19.8 Å². The van der Waals surface area contributed by atoms with Gasteiger partial charge in [0.25, 0.3) is 5.91 Å². The fraction of sp³-hybridized carbons (Fsp3) is 0.381. The summed E-state index contributed by atoms with van der Waals surface area (Å²) in [5.74, 6) is 0.818. The number of halogens is 2. The molecule has 1 heterocycles. The predicted octanol–water partition coefficient (Wildman–Crippen LogP) is 4.44. The molecule has 1 amide bonds. The van der Waals surface area contributed by atoms with Crippen LogP contribution in [0.3, 0.4) is 0 Å². The van der Waals surface area contributed by atoms with Crippen LogP contribution >= 0.6 is 15.9 Å². The molecule has 1 aliphatic heterocycles. The number of carbonyl (C=O) groups excluding carboxylic acids is 1. The van der Waals surface area contributed by atoms with Gasteiger partial charge >= 0.3 is 0 Å². The minimum Gasteiger partial charge on any atom is -0.483 e. The first-order valence-electron chi connectivity index (χ1n) is 9.15. The number of carbonyl (C=O) groups is 1. The average molecular weight is 435 g/mol. The number of anilines is 1. The van der Waals surface area contributed by atoms with Crippen molar-refractivity contribution in [2.24, 2.45) is 0 Å². The van der Waals surface area contributed by atoms with Crippen LogP contribution in [0.4, 0.5) is 10.1 Å². The van der Waals surface area contributed by atoms with E-state index >= 15 is 0 Å². The highest BCUT2D eigenvalue weighted by atomic mass is 79.9. The summed E-state index contributed by atoms with van der Waals surface area (Å²) in [7, 11) is 0. The molecule has 3 rings (SSSR count). The molecule has 0 aromatic heterocycles. The third kappa shape index (κ3) is 4.80. The van der Waals surface area contributed by atoms with Crippen LogP contribution in [0.25, 0.3) is 0 Å². The molecule has 1 aliphatic rings. The normalized spacial score (nSPS) is 14.6. The lowest BCUT2D eigenvalue weighted by Gasteiger charge is -2.36. The van der Waals surface area contributed by atoms with Crippen LogP contribution in [0.2, 0.25) is 0 Å². The van der Waals surface area contributed by atoms with Crippen molar-refractivity contribution in [3.05, 3.63) is 58.3 Å². The molecule has 0 radical (unpaired) electrons. The first kappa shape index (κ1) is 19.7. The van der Waals surface area contributed by atoms with Crippen molar-refractivity contribution in [3.8, 4) is 5.75 Å². The second-order valence-electron chi connectivity index (χ2n) is 6.95. The Morgan fingerprint density at radius 1 is 1.15 bits per heavy atom. The minimum atomic E-state index is -0.227. The summed E-state index contributed by atoms with van der Waals surface area (Å²) in [5.41, 5.74) is 1.81. The highest BCUT2D eigenvalue weighted by Crippen LogP contribution is 2.29. The first-order valence-corrected chi connectivity index (χ1v) is 9.94. The first-order chi connectivity index (χ1) is 13.0. The van der Waals surface area contributed by atoms with Crippen LogP contribution in [-0.2, 0) is 4.79 Å². The maximum Gasteiger partial charge on any atom is 0.260 e. The van der Waals surface area contributed by atoms with Crippen molar-refractivity contribution in [2.75, 3.05) is 37.7 Å². The van der Waals surface area contributed by atoms with Crippen LogP contribution in [0.1, 0.15) is 25.3 Å². The van der Waals surface area contributed by atoms with Crippen molar-refractivity contribution in [1.82, 2.24) is 4.90 Å². The van der Waals surface area contributed by atoms with E-state index in [-0.39, 0.29) is 18.3 Å². The molecule has 27 heavy (non-hydrogen) atoms. The van der Waals surface area contributed by atoms with Crippen LogP contribution in [0.5, 0.6) is 5.75 Å². The van der Waals surface area contributed by atoms with E-state index in [2.05, 4.69) is 29.8 Å². The summed E-state index contributed by atoms with van der Waals surface area (Å²) in [6.45, 7) is 6.60. The Kier molecular flexibility index (Phi) is 6.37. The Balaban J connectivity index is 1.52. The quantitative estimate of drug-likeness (QED) is 0.697. The zero-order chi connectivity index (χ0) is 19.4. The van der Waals surface area contributed by atoms with Crippen LogP contribution in [0, 0.1) is 5.82 Å². The smallest absolute Gasteiger partial charge is 0.260 e. The van der Waals surface area contributed by atoms with Gasteiger partial charge in [0, 0.05) is 26.2 Å². The zero-order valence-corrected chi connectivity index (χ0v) is 17.2. The van der Waals surface area contributed by atoms with Crippen LogP contribution in [-0.4, -0.2) is 43.6 Å². The van der Waals surface area contributed by atoms with E-state index in [1.807, 2.05) is 29.2 Å². The van der Waals surface area contributed by atoms with E-state index in [1.165, 1.54) is 11.6 Å². The number of benzene rings is 2. The standard InChI is InChI=1S/C21H24BrFN2O2/c1-15(2)16-7-8-20(17(22)13-16)27-14-21(26)25-11-9-24(10-12-25)19-6-4-3-5-18(19)23/h3-8,13,15H,9-12,14H2,1-2H3. The number of piperazine rings is 1. The molecule has 6 heteroatoms. The molecule has 0 atom stereocenters. The van der Waals surface area contributed by atoms with E-state index in [0.29, 0.717) is 43.5 Å². The van der Waals surface area contributed by atoms with Crippen molar-refractivity contribution in [3.63, 3.8) is 0 Å². The Morgan fingerprint density at radius 2 is 1.85 bits per heavy atom. The van der Waals surface area contributed by atoms with Gasteiger partial charge in [0.05, 0.1) is 10.2 Å². The van der Waals surface area contributed by atoms with Gasteiger partial charge in [-0.05, 0) is 51.7 Å². The number of rotatable bonds is 5. The van der Waals surface area contributed by atoms with E-state index in [4.69, 9.17) is 4.74 Å². The predicted molar refractivity (Wildman–Crippen MR) is 109 cm³/mol. The minimum absolute atomic E-state index is 0.000671. The Labute approximate surface area is 168 Å². The second-order valence-corrected chi connectivity index (χ2v) is 7.81. The number of ether oxygens (including phenoxy) is 1. The summed E-state index contributed by atoms with van der Waals surface area (Å²) < 4.78 is 20.5. The fourth-order valence-corrected chi connectivity index (χ4v) is 3.64. The van der Waals surface area contributed by atoms with Gasteiger partial charge in [0.1, 0.15) is 11.6 Å². The summed E-state index contributed by atoms with van der Waals surface area (Å²) in [6, 6.07) is 12.7. The monoisotopic (exact) mass is 434 g/mol. The molecule has 0 aliphatic carbocycles. The topological polar surface area (TPSA) is 32.8 Å². The van der Waals surface area contributed by atoms with Crippen molar-refractivity contribution < 1.29 is 13.9 Å². The highest BCUT2D eigenvalue weighted by Gasteiger charge is 2.23. The Morgan fingerprint density at radius 3 is 2.48 bits per heavy atom. The average Bonchev–Trinajstić information content (AvgIpc) is 2.67. The molecule has 1 fully saturated rings. The Hall–Kier alpha value is -2.08. The summed E-state index contributed by atoms with van der Waals surface area (Å²) in [6.07, 6.45) is 0. The largest absolute Gasteiger partial charge is 0.483 e. The van der Waals surface area contributed by atoms with Crippen LogP contribution in [0.15, 0.2) is 46.9 Å². The van der Waals surface area contributed by atoms with Gasteiger partial charge < -0.3 is 14.5 Å². The van der Waals surface area contributed by atoms with E-state index < -0.39 is 0 Å². The number of hydrogen-bond donors (Lipinski definition) is 0. The lowest BCUT2D eigenvalue weighted by atomic mass is 10.0. The molecule has 1 saturated heterocycles. The van der Waals surface area contributed by atoms with E-state index in [9.17, 15) is 9.18 Å². The van der Waals surface area contributed by atoms with Crippen molar-refractivity contribution >= 4 is 27.5 Å². The lowest BCUT2D eigenvalue weighted by Crippen LogP contribution is -2.50. The SMILES string of the molecule is CC(C)c1ccc(OCC(=O)N2CCN(c3ccccc3F)CC2)c(Br)c1. The summed E-state index contributed by atoms with van der Waals surface area (Å²) in [4.78, 5) is 16.2. The maximum absolute atomic E-state index is 13.9. The molecular weight excluding hydrogens is 411 g/mol. The fourth-order valence-electron chi connectivity index (χ4n) is 3.13. The maximum atomic E-state index is 13.9. The van der Waals surface area contributed by atoms with E-state index in [0.717, 1.165) is 4.47 Å². The molecule has 4 nitrogen and oxygen atoms in total. The summed E-state index contributed by atoms with van der Waals surface area (Å²) in [5, 5.41) is 0. The van der Waals surface area contributed by atoms with E-state index in [1.54, 1.807) is 17.0 Å². The molecule has 0 saturated carbocycles. The van der Waals surface area contributed by atoms with Gasteiger partial charge in [-0.15, -0.1) is 0 Å². The molecular formula is C21H24BrFN2O2. The molecule has 2 aromatic rings. The molecule has 0 bridgehead atoms. The van der Waals surface area contributed by atoms with Gasteiger partial charge in [-0.3, -0.25) is 4.79 Å². The van der Waals surface area contributed by atoms with Gasteiger partial charge in [-0.25, -0.2) is 4.39 Å². The zero-order valence-electron chi connectivity index (χ0n) is 15.6. The lowest BCUT2D eigenvalue weighted by molar-refractivity contribution is -0.133. The number of amides is 1. The van der Waals surface area contributed by atoms with Gasteiger partial charge in [0.2, 0.25) is 0 Å².